The summed E-state index contributed by atoms with van der Waals surface area (Å²) in [6, 6.07) is 9.93. The Morgan fingerprint density at radius 1 is 1.38 bits per heavy atom. The van der Waals surface area contributed by atoms with Gasteiger partial charge >= 0.3 is 0 Å². The summed E-state index contributed by atoms with van der Waals surface area (Å²) in [6.45, 7) is 4.45. The Morgan fingerprint density at radius 3 is 2.76 bits per heavy atom. The highest BCUT2D eigenvalue weighted by atomic mass is 16.4. The molecule has 110 valence electrons. The third-order valence-corrected chi connectivity index (χ3v) is 3.88. The second-order valence-corrected chi connectivity index (χ2v) is 5.55. The molecule has 4 nitrogen and oxygen atoms in total. The Bertz CT molecular complexity index is 611. The smallest absolute Gasteiger partial charge is 0.173 e. The number of allylic oxidation sites excluding steroid dienone is 2. The van der Waals surface area contributed by atoms with Crippen LogP contribution in [0.5, 0.6) is 0 Å². The quantitative estimate of drug-likeness (QED) is 0.627. The minimum Gasteiger partial charge on any atom is -0.528 e. The fourth-order valence-electron chi connectivity index (χ4n) is 2.72. The van der Waals surface area contributed by atoms with Crippen LogP contribution in [0.25, 0.3) is 0 Å². The minimum absolute atomic E-state index is 0.414. The van der Waals surface area contributed by atoms with Gasteiger partial charge in [0, 0.05) is 0 Å². The molecule has 1 aromatic rings. The van der Waals surface area contributed by atoms with Gasteiger partial charge in [0.15, 0.2) is 6.09 Å². The van der Waals surface area contributed by atoms with E-state index in [0.717, 1.165) is 30.5 Å². The van der Waals surface area contributed by atoms with E-state index in [4.69, 9.17) is 0 Å². The van der Waals surface area contributed by atoms with E-state index in [0.29, 0.717) is 11.8 Å². The standard InChI is InChI=1S/C17H20N2O2/c1-12(2)13-7-9-14(10-8-13)15-5-3-4-6-16(15)18-11-19-17(20)21/h3-7,12,14H,8-10H2,1-2H3,(H,20,21)/p-1. The number of carbonyl (C=O) groups excluding carboxylic acids is 1. The Kier molecular flexibility index (Phi) is 5.07. The van der Waals surface area contributed by atoms with Crippen molar-refractivity contribution in [2.24, 2.45) is 15.9 Å². The molecule has 1 unspecified atom stereocenters. The zero-order valence-electron chi connectivity index (χ0n) is 12.4. The van der Waals surface area contributed by atoms with E-state index in [1.165, 1.54) is 5.57 Å². The predicted molar refractivity (Wildman–Crippen MR) is 80.9 cm³/mol. The molecule has 4 heteroatoms. The van der Waals surface area contributed by atoms with Crippen molar-refractivity contribution in [1.82, 2.24) is 0 Å². The van der Waals surface area contributed by atoms with Crippen LogP contribution in [0.2, 0.25) is 0 Å². The number of amides is 1. The topological polar surface area (TPSA) is 64.8 Å². The lowest BCUT2D eigenvalue weighted by atomic mass is 9.81. The molecule has 21 heavy (non-hydrogen) atoms. The van der Waals surface area contributed by atoms with Crippen LogP contribution in [0.1, 0.15) is 44.6 Å². The van der Waals surface area contributed by atoms with Crippen molar-refractivity contribution in [3.05, 3.63) is 41.5 Å². The van der Waals surface area contributed by atoms with Crippen LogP contribution < -0.4 is 5.11 Å². The molecule has 0 saturated heterocycles. The van der Waals surface area contributed by atoms with Gasteiger partial charge in [-0.1, -0.05) is 43.7 Å². The van der Waals surface area contributed by atoms with Gasteiger partial charge in [-0.05, 0) is 42.7 Å². The van der Waals surface area contributed by atoms with Gasteiger partial charge in [-0.15, -0.1) is 0 Å². The maximum absolute atomic E-state index is 10.3. The predicted octanol–water partition coefficient (Wildman–Crippen LogP) is 3.69. The van der Waals surface area contributed by atoms with E-state index in [9.17, 15) is 9.90 Å². The first-order valence-electron chi connectivity index (χ1n) is 7.23. The van der Waals surface area contributed by atoms with Crippen LogP contribution in [0.3, 0.4) is 0 Å². The molecule has 0 N–H and O–H groups in total. The Morgan fingerprint density at radius 2 is 2.14 bits per heavy atom. The van der Waals surface area contributed by atoms with Gasteiger partial charge in [-0.25, -0.2) is 0 Å². The van der Waals surface area contributed by atoms with Gasteiger partial charge < -0.3 is 9.90 Å². The second kappa shape index (κ2) is 7.00. The van der Waals surface area contributed by atoms with Gasteiger partial charge in [-0.3, -0.25) is 0 Å². The van der Waals surface area contributed by atoms with Crippen LogP contribution >= 0.6 is 0 Å². The first-order chi connectivity index (χ1) is 10.1. The number of para-hydroxylation sites is 1. The molecule has 0 spiro atoms. The highest BCUT2D eigenvalue weighted by molar-refractivity contribution is 5.72. The van der Waals surface area contributed by atoms with Crippen molar-refractivity contribution in [3.63, 3.8) is 0 Å². The monoisotopic (exact) mass is 283 g/mol. The van der Waals surface area contributed by atoms with Gasteiger partial charge in [0.1, 0.15) is 6.01 Å². The van der Waals surface area contributed by atoms with E-state index in [-0.39, 0.29) is 0 Å². The molecule has 1 atom stereocenters. The zero-order chi connectivity index (χ0) is 15.2. The SMILES string of the molecule is CC(C)C1=CCC(c2ccccc2N=C=NC(=O)[O-])CC1. The summed E-state index contributed by atoms with van der Waals surface area (Å²) in [5.74, 6) is 1.02. The van der Waals surface area contributed by atoms with Crippen molar-refractivity contribution >= 4 is 17.8 Å². The van der Waals surface area contributed by atoms with E-state index >= 15 is 0 Å². The van der Waals surface area contributed by atoms with Crippen LogP contribution in [0.4, 0.5) is 10.5 Å². The fourth-order valence-corrected chi connectivity index (χ4v) is 2.72. The summed E-state index contributed by atoms with van der Waals surface area (Å²) in [4.78, 5) is 17.3. The van der Waals surface area contributed by atoms with Crippen LogP contribution in [-0.2, 0) is 0 Å². The van der Waals surface area contributed by atoms with Crippen molar-refractivity contribution in [2.45, 2.75) is 39.0 Å². The molecule has 0 heterocycles. The molecule has 0 saturated carbocycles. The summed E-state index contributed by atoms with van der Waals surface area (Å²) in [6.07, 6.45) is 3.99. The molecule has 2 rings (SSSR count). The summed E-state index contributed by atoms with van der Waals surface area (Å²) >= 11 is 0. The highest BCUT2D eigenvalue weighted by Crippen LogP contribution is 2.38. The maximum Gasteiger partial charge on any atom is 0.173 e. The Balaban J connectivity index is 2.22. The number of hydrogen-bond donors (Lipinski definition) is 0. The number of aliphatic imine (C=N–C) groups is 2. The Labute approximate surface area is 124 Å². The molecule has 1 aliphatic rings. The molecular weight excluding hydrogens is 264 g/mol. The number of benzene rings is 1. The zero-order valence-corrected chi connectivity index (χ0v) is 12.4. The minimum atomic E-state index is -1.53. The van der Waals surface area contributed by atoms with E-state index in [1.807, 2.05) is 24.3 Å². The normalized spacial score (nSPS) is 17.9. The maximum atomic E-state index is 10.3. The lowest BCUT2D eigenvalue weighted by molar-refractivity contribution is -0.245. The van der Waals surface area contributed by atoms with Crippen LogP contribution in [0, 0.1) is 5.92 Å². The molecule has 0 aromatic heterocycles. The number of rotatable bonds is 3. The van der Waals surface area contributed by atoms with Crippen molar-refractivity contribution in [1.29, 1.82) is 0 Å². The van der Waals surface area contributed by atoms with Crippen LogP contribution in [0.15, 0.2) is 45.9 Å². The summed E-state index contributed by atoms with van der Waals surface area (Å²) in [5, 5.41) is 10.3. The third-order valence-electron chi connectivity index (χ3n) is 3.88. The van der Waals surface area contributed by atoms with Crippen molar-refractivity contribution < 1.29 is 9.90 Å². The van der Waals surface area contributed by atoms with Gasteiger partial charge in [0.2, 0.25) is 0 Å². The van der Waals surface area contributed by atoms with E-state index in [1.54, 1.807) is 0 Å². The third kappa shape index (κ3) is 4.14. The molecule has 0 aliphatic heterocycles. The fraction of sp³-hybridized carbons (Fsp3) is 0.412. The second-order valence-electron chi connectivity index (χ2n) is 5.55. The molecule has 0 radical (unpaired) electrons. The van der Waals surface area contributed by atoms with Crippen molar-refractivity contribution in [3.8, 4) is 0 Å². The largest absolute Gasteiger partial charge is 0.528 e. The average molecular weight is 283 g/mol. The van der Waals surface area contributed by atoms with E-state index in [2.05, 4.69) is 35.9 Å². The lowest BCUT2D eigenvalue weighted by Gasteiger charge is -2.24. The summed E-state index contributed by atoms with van der Waals surface area (Å²) < 4.78 is 0. The molecule has 1 aliphatic carbocycles. The molecule has 1 aromatic carbocycles. The molecule has 0 bridgehead atoms. The first-order valence-corrected chi connectivity index (χ1v) is 7.23. The number of hydrogen-bond acceptors (Lipinski definition) is 3. The highest BCUT2D eigenvalue weighted by Gasteiger charge is 2.19. The van der Waals surface area contributed by atoms with Gasteiger partial charge in [0.25, 0.3) is 0 Å². The molecule has 0 fully saturated rings. The average Bonchev–Trinajstić information content (AvgIpc) is 2.47. The van der Waals surface area contributed by atoms with Gasteiger partial charge in [-0.2, -0.15) is 9.98 Å². The molecule has 1 amide bonds. The summed E-state index contributed by atoms with van der Waals surface area (Å²) in [7, 11) is 0. The van der Waals surface area contributed by atoms with Gasteiger partial charge in [0.05, 0.1) is 5.69 Å². The van der Waals surface area contributed by atoms with Crippen molar-refractivity contribution in [2.75, 3.05) is 0 Å². The number of carboxylic acid groups (broad SMARTS) is 1. The number of carbonyl (C=O) groups is 1. The summed E-state index contributed by atoms with van der Waals surface area (Å²) in [5.41, 5.74) is 3.37. The number of nitrogens with zero attached hydrogens (tertiary/aromatic N) is 2. The van der Waals surface area contributed by atoms with E-state index < -0.39 is 6.09 Å². The molecular formula is C17H19N2O2-. The first kappa shape index (κ1) is 15.2. The Hall–Kier alpha value is -2.19. The van der Waals surface area contributed by atoms with Crippen LogP contribution in [-0.4, -0.2) is 12.1 Å². The lowest BCUT2D eigenvalue weighted by Crippen LogP contribution is -2.16.